The Hall–Kier alpha value is -0.860. The monoisotopic (exact) mass is 259 g/mol. The summed E-state index contributed by atoms with van der Waals surface area (Å²) in [6, 6.07) is 9.42. The summed E-state index contributed by atoms with van der Waals surface area (Å²) in [4.78, 5) is 0. The van der Waals surface area contributed by atoms with Gasteiger partial charge in [-0.3, -0.25) is 0 Å². The smallest absolute Gasteiger partial charge is 0.0591 e. The third-order valence-corrected chi connectivity index (χ3v) is 4.48. The summed E-state index contributed by atoms with van der Waals surface area (Å²) in [6.45, 7) is 5.14. The van der Waals surface area contributed by atoms with Gasteiger partial charge in [-0.15, -0.1) is 0 Å². The van der Waals surface area contributed by atoms with Crippen LogP contribution in [-0.2, 0) is 4.74 Å². The van der Waals surface area contributed by atoms with Crippen LogP contribution in [0.4, 0.5) is 0 Å². The molecule has 2 atom stereocenters. The lowest BCUT2D eigenvalue weighted by atomic mass is 9.81. The van der Waals surface area contributed by atoms with Crippen LogP contribution in [0.3, 0.4) is 0 Å². The van der Waals surface area contributed by atoms with Crippen LogP contribution >= 0.6 is 0 Å². The molecule has 2 aliphatic rings. The predicted octanol–water partition coefficient (Wildman–Crippen LogP) is 3.64. The fourth-order valence-electron chi connectivity index (χ4n) is 3.06. The number of nitrogens with one attached hydrogen (secondary N) is 1. The minimum absolute atomic E-state index is 0.525. The average molecular weight is 259 g/mol. The van der Waals surface area contributed by atoms with Gasteiger partial charge >= 0.3 is 0 Å². The number of benzene rings is 1. The maximum atomic E-state index is 5.70. The highest BCUT2D eigenvalue weighted by molar-refractivity contribution is 5.34. The van der Waals surface area contributed by atoms with E-state index in [-0.39, 0.29) is 0 Å². The van der Waals surface area contributed by atoms with E-state index < -0.39 is 0 Å². The Labute approximate surface area is 116 Å². The molecule has 0 saturated heterocycles. The quantitative estimate of drug-likeness (QED) is 0.788. The van der Waals surface area contributed by atoms with E-state index in [0.29, 0.717) is 12.0 Å². The van der Waals surface area contributed by atoms with Crippen LogP contribution in [0.15, 0.2) is 24.3 Å². The molecular formula is C17H25NO. The molecule has 19 heavy (non-hydrogen) atoms. The van der Waals surface area contributed by atoms with Crippen molar-refractivity contribution in [3.05, 3.63) is 35.4 Å². The van der Waals surface area contributed by atoms with Crippen molar-refractivity contribution in [3.63, 3.8) is 0 Å². The summed E-state index contributed by atoms with van der Waals surface area (Å²) in [5.74, 6) is 1.58. The summed E-state index contributed by atoms with van der Waals surface area (Å²) in [6.07, 6.45) is 5.29. The van der Waals surface area contributed by atoms with Gasteiger partial charge in [0.1, 0.15) is 0 Å². The van der Waals surface area contributed by atoms with Crippen LogP contribution in [0.5, 0.6) is 0 Å². The lowest BCUT2D eigenvalue weighted by molar-refractivity contribution is 0.123. The van der Waals surface area contributed by atoms with E-state index in [1.54, 1.807) is 0 Å². The molecule has 0 spiro atoms. The van der Waals surface area contributed by atoms with Crippen LogP contribution in [-0.4, -0.2) is 19.8 Å². The first-order valence-corrected chi connectivity index (χ1v) is 7.74. The number of ether oxygens (including phenoxy) is 1. The van der Waals surface area contributed by atoms with Crippen LogP contribution in [0, 0.1) is 5.92 Å². The molecule has 3 rings (SSSR count). The average Bonchev–Trinajstić information content (AvgIpc) is 3.25. The van der Waals surface area contributed by atoms with Crippen molar-refractivity contribution in [3.8, 4) is 0 Å². The third kappa shape index (κ3) is 3.37. The zero-order valence-corrected chi connectivity index (χ0v) is 11.9. The van der Waals surface area contributed by atoms with E-state index in [0.717, 1.165) is 25.7 Å². The van der Waals surface area contributed by atoms with Gasteiger partial charge < -0.3 is 10.1 Å². The van der Waals surface area contributed by atoms with Gasteiger partial charge in [-0.2, -0.15) is 0 Å². The van der Waals surface area contributed by atoms with Gasteiger partial charge in [0.25, 0.3) is 0 Å². The first-order valence-electron chi connectivity index (χ1n) is 7.74. The number of hydrogen-bond donors (Lipinski definition) is 1. The van der Waals surface area contributed by atoms with Crippen molar-refractivity contribution >= 4 is 0 Å². The Balaban J connectivity index is 1.49. The normalized spacial score (nSPS) is 26.2. The van der Waals surface area contributed by atoms with Crippen molar-refractivity contribution < 1.29 is 4.74 Å². The van der Waals surface area contributed by atoms with Gasteiger partial charge in [0.2, 0.25) is 0 Å². The summed E-state index contributed by atoms with van der Waals surface area (Å²) in [5.41, 5.74) is 3.04. The van der Waals surface area contributed by atoms with E-state index in [1.807, 2.05) is 0 Å². The van der Waals surface area contributed by atoms with Gasteiger partial charge in [-0.1, -0.05) is 31.2 Å². The molecule has 0 heterocycles. The molecule has 0 aliphatic heterocycles. The highest BCUT2D eigenvalue weighted by atomic mass is 16.5. The van der Waals surface area contributed by atoms with Crippen LogP contribution in [0.1, 0.15) is 55.7 Å². The van der Waals surface area contributed by atoms with E-state index >= 15 is 0 Å². The number of rotatable bonds is 6. The fraction of sp³-hybridized carbons (Fsp3) is 0.647. The molecule has 0 bridgehead atoms. The molecule has 0 aromatic heterocycles. The van der Waals surface area contributed by atoms with Crippen LogP contribution in [0.2, 0.25) is 0 Å². The molecule has 1 N–H and O–H groups in total. The van der Waals surface area contributed by atoms with Gasteiger partial charge in [0.15, 0.2) is 0 Å². The second kappa shape index (κ2) is 6.06. The van der Waals surface area contributed by atoms with E-state index in [9.17, 15) is 0 Å². The second-order valence-corrected chi connectivity index (χ2v) is 6.13. The molecule has 2 aliphatic carbocycles. The SMILES string of the molecule is CC1CCC(NCCOCC2CC2)c2ccccc21. The van der Waals surface area contributed by atoms with Crippen LogP contribution < -0.4 is 5.32 Å². The molecule has 1 aromatic carbocycles. The van der Waals surface area contributed by atoms with Crippen molar-refractivity contribution in [2.24, 2.45) is 5.92 Å². The van der Waals surface area contributed by atoms with Crippen molar-refractivity contribution in [2.75, 3.05) is 19.8 Å². The lowest BCUT2D eigenvalue weighted by Crippen LogP contribution is -2.29. The highest BCUT2D eigenvalue weighted by Gasteiger charge is 2.24. The largest absolute Gasteiger partial charge is 0.380 e. The summed E-state index contributed by atoms with van der Waals surface area (Å²) >= 11 is 0. The molecule has 104 valence electrons. The zero-order valence-electron chi connectivity index (χ0n) is 11.9. The Morgan fingerprint density at radius 2 is 1.89 bits per heavy atom. The molecule has 2 unspecified atom stereocenters. The predicted molar refractivity (Wildman–Crippen MR) is 78.4 cm³/mol. The fourth-order valence-corrected chi connectivity index (χ4v) is 3.06. The standard InChI is InChI=1S/C17H25NO/c1-13-6-9-17(16-5-3-2-4-15(13)16)18-10-11-19-12-14-7-8-14/h2-5,13-14,17-18H,6-12H2,1H3. The molecule has 2 heteroatoms. The summed E-state index contributed by atoms with van der Waals surface area (Å²) < 4.78 is 5.70. The topological polar surface area (TPSA) is 21.3 Å². The summed E-state index contributed by atoms with van der Waals surface area (Å²) in [5, 5.41) is 3.67. The second-order valence-electron chi connectivity index (χ2n) is 6.13. The van der Waals surface area contributed by atoms with E-state index in [2.05, 4.69) is 36.5 Å². The molecule has 1 aromatic rings. The molecule has 2 nitrogen and oxygen atoms in total. The highest BCUT2D eigenvalue weighted by Crippen LogP contribution is 2.36. The Morgan fingerprint density at radius 1 is 1.11 bits per heavy atom. The molecular weight excluding hydrogens is 234 g/mol. The first-order chi connectivity index (χ1) is 9.34. The van der Waals surface area contributed by atoms with Crippen molar-refractivity contribution in [1.82, 2.24) is 5.32 Å². The molecule has 0 amide bonds. The van der Waals surface area contributed by atoms with Crippen LogP contribution in [0.25, 0.3) is 0 Å². The van der Waals surface area contributed by atoms with Gasteiger partial charge in [-0.25, -0.2) is 0 Å². The lowest BCUT2D eigenvalue weighted by Gasteiger charge is -2.30. The third-order valence-electron chi connectivity index (χ3n) is 4.48. The van der Waals surface area contributed by atoms with Crippen molar-refractivity contribution in [1.29, 1.82) is 0 Å². The Kier molecular flexibility index (Phi) is 4.19. The van der Waals surface area contributed by atoms with E-state index in [1.165, 1.54) is 36.8 Å². The van der Waals surface area contributed by atoms with Gasteiger partial charge in [0.05, 0.1) is 6.61 Å². The summed E-state index contributed by atoms with van der Waals surface area (Å²) in [7, 11) is 0. The maximum Gasteiger partial charge on any atom is 0.0591 e. The maximum absolute atomic E-state index is 5.70. The minimum Gasteiger partial charge on any atom is -0.380 e. The Morgan fingerprint density at radius 3 is 2.68 bits per heavy atom. The number of hydrogen-bond acceptors (Lipinski definition) is 2. The molecule has 1 fully saturated rings. The van der Waals surface area contributed by atoms with Gasteiger partial charge in [-0.05, 0) is 48.6 Å². The molecule has 1 saturated carbocycles. The van der Waals surface area contributed by atoms with E-state index in [4.69, 9.17) is 4.74 Å². The van der Waals surface area contributed by atoms with Crippen molar-refractivity contribution in [2.45, 2.75) is 44.6 Å². The van der Waals surface area contributed by atoms with Gasteiger partial charge in [0, 0.05) is 19.2 Å². The zero-order chi connectivity index (χ0) is 13.1. The first kappa shape index (κ1) is 13.1. The molecule has 0 radical (unpaired) electrons. The Bertz CT molecular complexity index is 413. The number of fused-ring (bicyclic) bond motifs is 1. The minimum atomic E-state index is 0.525.